The molecule has 2 rings (SSSR count). The summed E-state index contributed by atoms with van der Waals surface area (Å²) in [5.74, 6) is -1.56. The van der Waals surface area contributed by atoms with Gasteiger partial charge < -0.3 is 4.98 Å². The molecule has 0 aliphatic rings. The molecule has 0 amide bonds. The molecule has 0 atom stereocenters. The number of aromatic amines is 1. The molecule has 1 aromatic heterocycles. The highest BCUT2D eigenvalue weighted by Crippen LogP contribution is 2.25. The summed E-state index contributed by atoms with van der Waals surface area (Å²) < 4.78 is 26.3. The predicted molar refractivity (Wildman–Crippen MR) is 53.0 cm³/mol. The van der Waals surface area contributed by atoms with Crippen LogP contribution >= 0.6 is 0 Å². The minimum atomic E-state index is -0.680. The predicted octanol–water partition coefficient (Wildman–Crippen LogP) is 2.96. The van der Waals surface area contributed by atoms with Crippen LogP contribution in [0.3, 0.4) is 0 Å². The molecule has 0 saturated carbocycles. The molecule has 78 valence electrons. The zero-order valence-electron chi connectivity index (χ0n) is 8.32. The van der Waals surface area contributed by atoms with Crippen LogP contribution in [0.5, 0.6) is 0 Å². The van der Waals surface area contributed by atoms with Gasteiger partial charge in [0.1, 0.15) is 11.6 Å². The van der Waals surface area contributed by atoms with Crippen molar-refractivity contribution in [3.63, 3.8) is 0 Å². The van der Waals surface area contributed by atoms with Gasteiger partial charge in [-0.15, -0.1) is 0 Å². The number of rotatable bonds is 1. The Labute approximate surface area is 84.9 Å². The van der Waals surface area contributed by atoms with Crippen LogP contribution in [0.2, 0.25) is 0 Å². The summed E-state index contributed by atoms with van der Waals surface area (Å²) in [6, 6.07) is 1.96. The van der Waals surface area contributed by atoms with E-state index in [0.717, 1.165) is 6.07 Å². The molecule has 0 aliphatic heterocycles. The monoisotopic (exact) mass is 209 g/mol. The zero-order chi connectivity index (χ0) is 11.2. The number of hydrogen-bond donors (Lipinski definition) is 1. The van der Waals surface area contributed by atoms with Crippen LogP contribution in [0.25, 0.3) is 10.9 Å². The van der Waals surface area contributed by atoms with Crippen LogP contribution in [0.4, 0.5) is 8.78 Å². The average Bonchev–Trinajstić information content (AvgIpc) is 2.41. The average molecular weight is 209 g/mol. The van der Waals surface area contributed by atoms with Crippen LogP contribution in [-0.4, -0.2) is 10.8 Å². The molecule has 0 unspecified atom stereocenters. The third kappa shape index (κ3) is 1.42. The number of Topliss-reactive ketones (excluding diaryl/α,β-unsaturated/α-hetero) is 1. The summed E-state index contributed by atoms with van der Waals surface area (Å²) in [5, 5.41) is 0.303. The molecule has 0 saturated heterocycles. The number of nitrogens with one attached hydrogen (secondary N) is 1. The fourth-order valence-corrected chi connectivity index (χ4v) is 1.80. The Hall–Kier alpha value is -1.71. The van der Waals surface area contributed by atoms with E-state index in [9.17, 15) is 13.6 Å². The number of benzene rings is 1. The quantitative estimate of drug-likeness (QED) is 0.719. The van der Waals surface area contributed by atoms with E-state index in [0.29, 0.717) is 16.6 Å². The van der Waals surface area contributed by atoms with E-state index in [4.69, 9.17) is 0 Å². The number of halogens is 2. The van der Waals surface area contributed by atoms with Crippen molar-refractivity contribution in [3.05, 3.63) is 35.0 Å². The Morgan fingerprint density at radius 3 is 2.60 bits per heavy atom. The molecule has 2 aromatic rings. The SMILES string of the molecule is CC(=O)c1c(C)[nH]c2c(F)cc(F)cc12. The third-order valence-electron chi connectivity index (χ3n) is 2.36. The topological polar surface area (TPSA) is 32.9 Å². The Morgan fingerprint density at radius 1 is 1.33 bits per heavy atom. The molecular formula is C11H9F2NO. The molecule has 1 heterocycles. The van der Waals surface area contributed by atoms with E-state index in [1.54, 1.807) is 6.92 Å². The summed E-state index contributed by atoms with van der Waals surface area (Å²) in [6.45, 7) is 3.03. The van der Waals surface area contributed by atoms with E-state index in [2.05, 4.69) is 4.98 Å². The lowest BCUT2D eigenvalue weighted by molar-refractivity contribution is 0.101. The van der Waals surface area contributed by atoms with E-state index >= 15 is 0 Å². The van der Waals surface area contributed by atoms with Gasteiger partial charge in [-0.3, -0.25) is 4.79 Å². The first kappa shape index (κ1) is 9.83. The van der Waals surface area contributed by atoms with Gasteiger partial charge in [0.05, 0.1) is 5.52 Å². The van der Waals surface area contributed by atoms with Crippen molar-refractivity contribution >= 4 is 16.7 Å². The standard InChI is InChI=1S/C11H9F2NO/c1-5-10(6(2)15)8-3-7(12)4-9(13)11(8)14-5/h3-4,14H,1-2H3. The Bertz CT molecular complexity index is 557. The zero-order valence-corrected chi connectivity index (χ0v) is 8.32. The summed E-state index contributed by atoms with van der Waals surface area (Å²) in [6.07, 6.45) is 0. The minimum absolute atomic E-state index is 0.180. The lowest BCUT2D eigenvalue weighted by atomic mass is 10.1. The van der Waals surface area contributed by atoms with Gasteiger partial charge in [-0.25, -0.2) is 8.78 Å². The fourth-order valence-electron chi connectivity index (χ4n) is 1.80. The summed E-state index contributed by atoms with van der Waals surface area (Å²) in [7, 11) is 0. The van der Waals surface area contributed by atoms with Crippen molar-refractivity contribution in [1.82, 2.24) is 4.98 Å². The van der Waals surface area contributed by atoms with Crippen LogP contribution in [0.1, 0.15) is 23.0 Å². The molecule has 2 nitrogen and oxygen atoms in total. The largest absolute Gasteiger partial charge is 0.356 e. The lowest BCUT2D eigenvalue weighted by Gasteiger charge is -1.96. The van der Waals surface area contributed by atoms with Crippen LogP contribution in [-0.2, 0) is 0 Å². The number of ketones is 1. The van der Waals surface area contributed by atoms with Crippen LogP contribution in [0.15, 0.2) is 12.1 Å². The van der Waals surface area contributed by atoms with Gasteiger partial charge in [0.2, 0.25) is 0 Å². The van der Waals surface area contributed by atoms with Crippen molar-refractivity contribution in [1.29, 1.82) is 0 Å². The molecule has 0 radical (unpaired) electrons. The number of aromatic nitrogens is 1. The van der Waals surface area contributed by atoms with E-state index < -0.39 is 11.6 Å². The Morgan fingerprint density at radius 2 is 2.00 bits per heavy atom. The maximum absolute atomic E-state index is 13.3. The second kappa shape index (κ2) is 3.15. The molecule has 0 fully saturated rings. The molecule has 1 aromatic carbocycles. The fraction of sp³-hybridized carbons (Fsp3) is 0.182. The van der Waals surface area contributed by atoms with Crippen molar-refractivity contribution in [2.24, 2.45) is 0 Å². The minimum Gasteiger partial charge on any atom is -0.356 e. The van der Waals surface area contributed by atoms with Crippen molar-refractivity contribution in [2.75, 3.05) is 0 Å². The molecule has 1 N–H and O–H groups in total. The highest BCUT2D eigenvalue weighted by Gasteiger charge is 2.15. The Balaban J connectivity index is 2.93. The lowest BCUT2D eigenvalue weighted by Crippen LogP contribution is -1.93. The molecule has 15 heavy (non-hydrogen) atoms. The highest BCUT2D eigenvalue weighted by molar-refractivity contribution is 6.08. The summed E-state index contributed by atoms with van der Waals surface area (Å²) in [4.78, 5) is 14.0. The maximum Gasteiger partial charge on any atom is 0.162 e. The van der Waals surface area contributed by atoms with E-state index in [1.807, 2.05) is 0 Å². The van der Waals surface area contributed by atoms with Gasteiger partial charge in [-0.05, 0) is 19.9 Å². The number of carbonyl (C=O) groups excluding carboxylic acids is 1. The molecule has 4 heteroatoms. The first-order valence-corrected chi connectivity index (χ1v) is 4.49. The van der Waals surface area contributed by atoms with Crippen LogP contribution < -0.4 is 0 Å². The normalized spacial score (nSPS) is 10.9. The smallest absolute Gasteiger partial charge is 0.162 e. The molecule has 0 bridgehead atoms. The van der Waals surface area contributed by atoms with Gasteiger partial charge in [-0.2, -0.15) is 0 Å². The van der Waals surface area contributed by atoms with Gasteiger partial charge in [0.25, 0.3) is 0 Å². The first-order chi connectivity index (χ1) is 7.00. The number of fused-ring (bicyclic) bond motifs is 1. The molecular weight excluding hydrogens is 200 g/mol. The van der Waals surface area contributed by atoms with Gasteiger partial charge >= 0.3 is 0 Å². The van der Waals surface area contributed by atoms with Gasteiger partial charge in [0, 0.05) is 22.7 Å². The van der Waals surface area contributed by atoms with Crippen molar-refractivity contribution in [2.45, 2.75) is 13.8 Å². The number of carbonyl (C=O) groups is 1. The highest BCUT2D eigenvalue weighted by atomic mass is 19.1. The number of H-pyrrole nitrogens is 1. The van der Waals surface area contributed by atoms with Crippen molar-refractivity contribution < 1.29 is 13.6 Å². The Kier molecular flexibility index (Phi) is 2.07. The second-order valence-corrected chi connectivity index (χ2v) is 3.49. The van der Waals surface area contributed by atoms with Gasteiger partial charge in [0.15, 0.2) is 5.78 Å². The molecule has 0 spiro atoms. The van der Waals surface area contributed by atoms with E-state index in [1.165, 1.54) is 13.0 Å². The van der Waals surface area contributed by atoms with Crippen molar-refractivity contribution in [3.8, 4) is 0 Å². The third-order valence-corrected chi connectivity index (χ3v) is 2.36. The maximum atomic E-state index is 13.3. The molecule has 0 aliphatic carbocycles. The van der Waals surface area contributed by atoms with E-state index in [-0.39, 0.29) is 11.3 Å². The number of aryl methyl sites for hydroxylation is 1. The number of hydrogen-bond acceptors (Lipinski definition) is 1. The summed E-state index contributed by atoms with van der Waals surface area (Å²) >= 11 is 0. The van der Waals surface area contributed by atoms with Crippen LogP contribution in [0, 0.1) is 18.6 Å². The second-order valence-electron chi connectivity index (χ2n) is 3.49. The summed E-state index contributed by atoms with van der Waals surface area (Å²) in [5.41, 5.74) is 1.09. The van der Waals surface area contributed by atoms with Gasteiger partial charge in [-0.1, -0.05) is 0 Å². The first-order valence-electron chi connectivity index (χ1n) is 4.49.